The van der Waals surface area contributed by atoms with E-state index in [4.69, 9.17) is 4.42 Å². The number of furan rings is 1. The molecule has 0 unspecified atom stereocenters. The fourth-order valence-electron chi connectivity index (χ4n) is 3.93. The Kier molecular flexibility index (Phi) is 6.01. The zero-order valence-corrected chi connectivity index (χ0v) is 18.3. The van der Waals surface area contributed by atoms with Crippen molar-refractivity contribution in [3.8, 4) is 6.07 Å². The summed E-state index contributed by atoms with van der Waals surface area (Å²) in [4.78, 5) is 25.2. The summed E-state index contributed by atoms with van der Waals surface area (Å²) in [5.41, 5.74) is 4.87. The van der Waals surface area contributed by atoms with Crippen LogP contribution in [0.4, 0.5) is 5.69 Å². The average Bonchev–Trinajstić information content (AvgIpc) is 3.28. The van der Waals surface area contributed by atoms with Crippen LogP contribution in [-0.4, -0.2) is 17.4 Å². The average molecular weight is 434 g/mol. The monoisotopic (exact) mass is 433 g/mol. The molecule has 0 spiro atoms. The number of benzene rings is 1. The molecule has 0 radical (unpaired) electrons. The van der Waals surface area contributed by atoms with Crippen LogP contribution in [0.2, 0.25) is 0 Å². The van der Waals surface area contributed by atoms with Crippen LogP contribution in [0.1, 0.15) is 42.1 Å². The molecule has 4 rings (SSSR count). The van der Waals surface area contributed by atoms with Gasteiger partial charge < -0.3 is 15.1 Å². The van der Waals surface area contributed by atoms with E-state index in [1.54, 1.807) is 18.4 Å². The normalized spacial score (nSPS) is 18.4. The van der Waals surface area contributed by atoms with Gasteiger partial charge in [-0.25, -0.2) is 0 Å². The molecule has 1 aromatic carbocycles. The van der Waals surface area contributed by atoms with Crippen LogP contribution < -0.4 is 10.6 Å². The third kappa shape index (κ3) is 4.30. The molecule has 0 fully saturated rings. The van der Waals surface area contributed by atoms with Crippen LogP contribution >= 0.6 is 11.8 Å². The number of thioether (sulfide) groups is 1. The van der Waals surface area contributed by atoms with Gasteiger partial charge in [-0.3, -0.25) is 9.59 Å². The zero-order valence-electron chi connectivity index (χ0n) is 17.5. The number of rotatable bonds is 5. The maximum Gasteiger partial charge on any atom is 0.234 e. The zero-order chi connectivity index (χ0) is 22.0. The van der Waals surface area contributed by atoms with E-state index in [2.05, 4.69) is 16.7 Å². The first-order valence-electron chi connectivity index (χ1n) is 10.2. The van der Waals surface area contributed by atoms with Gasteiger partial charge in [0.05, 0.1) is 34.6 Å². The number of nitrogens with zero attached hydrogens (tertiary/aromatic N) is 1. The summed E-state index contributed by atoms with van der Waals surface area (Å²) in [7, 11) is 0. The van der Waals surface area contributed by atoms with Crippen molar-refractivity contribution in [2.45, 2.75) is 39.0 Å². The number of ketones is 1. The van der Waals surface area contributed by atoms with Gasteiger partial charge in [-0.2, -0.15) is 5.26 Å². The second kappa shape index (κ2) is 8.86. The Labute approximate surface area is 185 Å². The number of Topliss-reactive ketones (excluding diaryl/α,β-unsaturated/α-hetero) is 1. The lowest BCUT2D eigenvalue weighted by Gasteiger charge is -2.32. The van der Waals surface area contributed by atoms with Crippen molar-refractivity contribution in [3.63, 3.8) is 0 Å². The predicted octanol–water partition coefficient (Wildman–Crippen LogP) is 4.70. The molecule has 2 N–H and O–H groups in total. The Morgan fingerprint density at radius 1 is 1.29 bits per heavy atom. The highest BCUT2D eigenvalue weighted by Gasteiger charge is 2.38. The van der Waals surface area contributed by atoms with Gasteiger partial charge in [-0.15, -0.1) is 0 Å². The maximum atomic E-state index is 12.7. The van der Waals surface area contributed by atoms with Gasteiger partial charge in [0.15, 0.2) is 5.78 Å². The minimum atomic E-state index is -0.533. The van der Waals surface area contributed by atoms with E-state index < -0.39 is 5.92 Å². The van der Waals surface area contributed by atoms with E-state index in [0.717, 1.165) is 35.4 Å². The van der Waals surface area contributed by atoms with E-state index in [9.17, 15) is 14.9 Å². The van der Waals surface area contributed by atoms with Gasteiger partial charge in [-0.1, -0.05) is 17.8 Å². The molecule has 2 heterocycles. The molecule has 0 saturated carbocycles. The van der Waals surface area contributed by atoms with Gasteiger partial charge in [0.25, 0.3) is 0 Å². The molecular formula is C24H23N3O3S. The Bertz CT molecular complexity index is 1140. The smallest absolute Gasteiger partial charge is 0.234 e. The maximum absolute atomic E-state index is 12.7. The Hall–Kier alpha value is -3.24. The quantitative estimate of drug-likeness (QED) is 0.710. The van der Waals surface area contributed by atoms with Gasteiger partial charge in [0.2, 0.25) is 5.91 Å². The van der Waals surface area contributed by atoms with Gasteiger partial charge >= 0.3 is 0 Å². The van der Waals surface area contributed by atoms with Gasteiger partial charge in [-0.05, 0) is 62.1 Å². The number of hydrogen-bond acceptors (Lipinski definition) is 6. The highest BCUT2D eigenvalue weighted by Crippen LogP contribution is 2.44. The van der Waals surface area contributed by atoms with Gasteiger partial charge in [0.1, 0.15) is 5.76 Å². The number of amides is 1. The fraction of sp³-hybridized carbons (Fsp3) is 0.292. The summed E-state index contributed by atoms with van der Waals surface area (Å²) in [5, 5.41) is 16.7. The van der Waals surface area contributed by atoms with E-state index in [0.29, 0.717) is 28.4 Å². The van der Waals surface area contributed by atoms with E-state index in [1.165, 1.54) is 11.8 Å². The van der Waals surface area contributed by atoms with Crippen LogP contribution in [0.3, 0.4) is 0 Å². The Morgan fingerprint density at radius 3 is 2.84 bits per heavy atom. The molecule has 0 bridgehead atoms. The number of aryl methyl sites for hydroxylation is 2. The topological polar surface area (TPSA) is 95.1 Å². The molecule has 0 saturated heterocycles. The summed E-state index contributed by atoms with van der Waals surface area (Å²) >= 11 is 1.27. The predicted molar refractivity (Wildman–Crippen MR) is 120 cm³/mol. The highest BCUT2D eigenvalue weighted by molar-refractivity contribution is 8.03. The molecule has 31 heavy (non-hydrogen) atoms. The molecule has 1 aliphatic heterocycles. The first-order chi connectivity index (χ1) is 15.0. The molecule has 1 aromatic heterocycles. The van der Waals surface area contributed by atoms with E-state index in [-0.39, 0.29) is 17.4 Å². The molecule has 2 aliphatic rings. The molecule has 158 valence electrons. The van der Waals surface area contributed by atoms with Crippen LogP contribution in [0.15, 0.2) is 62.9 Å². The summed E-state index contributed by atoms with van der Waals surface area (Å²) in [6, 6.07) is 11.6. The van der Waals surface area contributed by atoms with E-state index in [1.807, 2.05) is 32.0 Å². The number of allylic oxidation sites excluding steroid dienone is 3. The van der Waals surface area contributed by atoms with Crippen LogP contribution in [-0.2, 0) is 9.59 Å². The number of carbonyl (C=O) groups is 2. The van der Waals surface area contributed by atoms with Crippen molar-refractivity contribution in [1.82, 2.24) is 5.32 Å². The van der Waals surface area contributed by atoms with Crippen molar-refractivity contribution in [3.05, 3.63) is 75.4 Å². The van der Waals surface area contributed by atoms with Crippen molar-refractivity contribution in [2.75, 3.05) is 11.1 Å². The number of nitrogens with one attached hydrogen (secondary N) is 2. The van der Waals surface area contributed by atoms with E-state index >= 15 is 0 Å². The molecule has 2 aromatic rings. The standard InChI is InChI=1S/C24H23N3O3S/c1-14-8-9-16(11-15(14)2)26-21(29)13-31-24-17(12-25)22(20-7-4-10-30-20)23-18(27-24)5-3-6-19(23)28/h4,7-11,22,27H,3,5-6,13H2,1-2H3,(H,26,29)/t22-/m0/s1. The largest absolute Gasteiger partial charge is 0.468 e. The molecule has 6 nitrogen and oxygen atoms in total. The summed E-state index contributed by atoms with van der Waals surface area (Å²) < 4.78 is 5.59. The molecule has 7 heteroatoms. The lowest BCUT2D eigenvalue weighted by Crippen LogP contribution is -2.31. The number of dihydropyridines is 1. The molecule has 1 amide bonds. The van der Waals surface area contributed by atoms with Crippen LogP contribution in [0.5, 0.6) is 0 Å². The third-order valence-electron chi connectivity index (χ3n) is 5.63. The van der Waals surface area contributed by atoms with Crippen LogP contribution in [0.25, 0.3) is 0 Å². The second-order valence-electron chi connectivity index (χ2n) is 7.73. The molecular weight excluding hydrogens is 410 g/mol. The Morgan fingerprint density at radius 2 is 2.13 bits per heavy atom. The van der Waals surface area contributed by atoms with Crippen molar-refractivity contribution >= 4 is 29.1 Å². The number of hydrogen-bond donors (Lipinski definition) is 2. The first-order valence-corrected chi connectivity index (χ1v) is 11.2. The lowest BCUT2D eigenvalue weighted by molar-refractivity contribution is -0.116. The van der Waals surface area contributed by atoms with Crippen LogP contribution in [0, 0.1) is 25.2 Å². The summed E-state index contributed by atoms with van der Waals surface area (Å²) in [6.45, 7) is 4.02. The second-order valence-corrected chi connectivity index (χ2v) is 8.72. The minimum absolute atomic E-state index is 0.0411. The molecule has 1 atom stereocenters. The summed E-state index contributed by atoms with van der Waals surface area (Å²) in [5.74, 6) is 0.0585. The third-order valence-corrected chi connectivity index (χ3v) is 6.65. The van der Waals surface area contributed by atoms with Crippen molar-refractivity contribution < 1.29 is 14.0 Å². The highest BCUT2D eigenvalue weighted by atomic mass is 32.2. The van der Waals surface area contributed by atoms with Crippen molar-refractivity contribution in [1.29, 1.82) is 5.26 Å². The Balaban J connectivity index is 1.56. The fourth-order valence-corrected chi connectivity index (χ4v) is 4.79. The number of carbonyl (C=O) groups excluding carboxylic acids is 2. The molecule has 1 aliphatic carbocycles. The number of nitriles is 1. The van der Waals surface area contributed by atoms with Crippen molar-refractivity contribution in [2.24, 2.45) is 0 Å². The first kappa shape index (κ1) is 21.0. The lowest BCUT2D eigenvalue weighted by atomic mass is 9.79. The minimum Gasteiger partial charge on any atom is -0.468 e. The number of anilines is 1. The summed E-state index contributed by atoms with van der Waals surface area (Å²) in [6.07, 6.45) is 3.51. The van der Waals surface area contributed by atoms with Gasteiger partial charge in [0, 0.05) is 23.4 Å². The SMILES string of the molecule is Cc1ccc(NC(=O)CSC2=C(C#N)[C@@H](c3ccco3)C3=C(CCCC3=O)N2)cc1C.